The number of hydrogen-bond acceptors (Lipinski definition) is 3. The Hall–Kier alpha value is -1.12. The highest BCUT2D eigenvalue weighted by Gasteiger charge is 2.19. The molecule has 0 N–H and O–H groups in total. The molecule has 3 heteroatoms. The van der Waals surface area contributed by atoms with Crippen molar-refractivity contribution in [3.63, 3.8) is 0 Å². The zero-order valence-corrected chi connectivity index (χ0v) is 9.20. The highest BCUT2D eigenvalue weighted by Crippen LogP contribution is 2.19. The van der Waals surface area contributed by atoms with Gasteiger partial charge >= 0.3 is 5.97 Å². The molecule has 1 unspecified atom stereocenters. The third-order valence-electron chi connectivity index (χ3n) is 2.52. The minimum atomic E-state index is -0.108. The van der Waals surface area contributed by atoms with E-state index in [0.717, 1.165) is 19.3 Å². The zero-order valence-electron chi connectivity index (χ0n) is 9.20. The van der Waals surface area contributed by atoms with E-state index in [4.69, 9.17) is 4.74 Å². The number of ether oxygens (including phenoxy) is 1. The molecule has 0 saturated heterocycles. The standard InChI is InChI=1S/C12H18O3/c1-10(13)6-5-9-15-12(14)11-7-3-2-4-8-11/h2-3,11H,4-9H2,1H3. The van der Waals surface area contributed by atoms with Gasteiger partial charge in [-0.2, -0.15) is 0 Å². The van der Waals surface area contributed by atoms with Gasteiger partial charge in [0.05, 0.1) is 12.5 Å². The number of carbonyl (C=O) groups is 2. The van der Waals surface area contributed by atoms with E-state index in [-0.39, 0.29) is 17.7 Å². The van der Waals surface area contributed by atoms with Gasteiger partial charge in [-0.25, -0.2) is 0 Å². The van der Waals surface area contributed by atoms with Crippen molar-refractivity contribution in [1.82, 2.24) is 0 Å². The lowest BCUT2D eigenvalue weighted by Gasteiger charge is -2.16. The van der Waals surface area contributed by atoms with Gasteiger partial charge in [0.15, 0.2) is 0 Å². The molecule has 0 heterocycles. The Kier molecular flexibility index (Phi) is 5.08. The topological polar surface area (TPSA) is 43.4 Å². The van der Waals surface area contributed by atoms with Gasteiger partial charge in [-0.15, -0.1) is 0 Å². The average molecular weight is 210 g/mol. The average Bonchev–Trinajstić information content (AvgIpc) is 2.25. The monoisotopic (exact) mass is 210 g/mol. The van der Waals surface area contributed by atoms with Gasteiger partial charge < -0.3 is 9.53 Å². The third-order valence-corrected chi connectivity index (χ3v) is 2.52. The maximum atomic E-state index is 11.5. The van der Waals surface area contributed by atoms with Crippen LogP contribution in [0.15, 0.2) is 12.2 Å². The smallest absolute Gasteiger partial charge is 0.309 e. The molecule has 1 aliphatic carbocycles. The van der Waals surface area contributed by atoms with E-state index in [9.17, 15) is 9.59 Å². The quantitative estimate of drug-likeness (QED) is 0.397. The van der Waals surface area contributed by atoms with Gasteiger partial charge in [0.2, 0.25) is 0 Å². The predicted molar refractivity (Wildman–Crippen MR) is 57.4 cm³/mol. The Morgan fingerprint density at radius 1 is 1.40 bits per heavy atom. The first kappa shape index (κ1) is 12.0. The van der Waals surface area contributed by atoms with Crippen LogP contribution < -0.4 is 0 Å². The van der Waals surface area contributed by atoms with Crippen LogP contribution in [0.25, 0.3) is 0 Å². The number of carbonyl (C=O) groups excluding carboxylic acids is 2. The van der Waals surface area contributed by atoms with Crippen LogP contribution >= 0.6 is 0 Å². The maximum Gasteiger partial charge on any atom is 0.309 e. The van der Waals surface area contributed by atoms with Crippen LogP contribution in [0.3, 0.4) is 0 Å². The summed E-state index contributed by atoms with van der Waals surface area (Å²) in [4.78, 5) is 22.1. The number of rotatable bonds is 5. The van der Waals surface area contributed by atoms with Crippen molar-refractivity contribution in [2.75, 3.05) is 6.61 Å². The summed E-state index contributed by atoms with van der Waals surface area (Å²) < 4.78 is 5.11. The van der Waals surface area contributed by atoms with Crippen molar-refractivity contribution < 1.29 is 14.3 Å². The van der Waals surface area contributed by atoms with Gasteiger partial charge in [-0.05, 0) is 32.6 Å². The summed E-state index contributed by atoms with van der Waals surface area (Å²) >= 11 is 0. The summed E-state index contributed by atoms with van der Waals surface area (Å²) in [5.41, 5.74) is 0. The molecule has 1 rings (SSSR count). The number of Topliss-reactive ketones (excluding diaryl/α,β-unsaturated/α-hetero) is 1. The summed E-state index contributed by atoms with van der Waals surface area (Å²) in [6, 6.07) is 0. The number of allylic oxidation sites excluding steroid dienone is 2. The van der Waals surface area contributed by atoms with E-state index in [1.165, 1.54) is 0 Å². The van der Waals surface area contributed by atoms with Crippen LogP contribution in [0.4, 0.5) is 0 Å². The molecule has 84 valence electrons. The van der Waals surface area contributed by atoms with Crippen molar-refractivity contribution in [3.8, 4) is 0 Å². The molecule has 0 fully saturated rings. The highest BCUT2D eigenvalue weighted by molar-refractivity contribution is 5.75. The third kappa shape index (κ3) is 4.77. The van der Waals surface area contributed by atoms with E-state index in [0.29, 0.717) is 19.4 Å². The van der Waals surface area contributed by atoms with Crippen LogP contribution in [0.2, 0.25) is 0 Å². The van der Waals surface area contributed by atoms with E-state index in [1.807, 2.05) is 6.08 Å². The Morgan fingerprint density at radius 3 is 2.80 bits per heavy atom. The molecule has 0 bridgehead atoms. The summed E-state index contributed by atoms with van der Waals surface area (Å²) in [7, 11) is 0. The second-order valence-corrected chi connectivity index (χ2v) is 3.95. The molecule has 0 aliphatic heterocycles. The lowest BCUT2D eigenvalue weighted by molar-refractivity contribution is -0.149. The fourth-order valence-electron chi connectivity index (χ4n) is 1.62. The molecule has 1 atom stereocenters. The molecule has 3 nitrogen and oxygen atoms in total. The van der Waals surface area contributed by atoms with Gasteiger partial charge in [0, 0.05) is 6.42 Å². The molecule has 0 radical (unpaired) electrons. The Bertz CT molecular complexity index is 256. The first-order valence-electron chi connectivity index (χ1n) is 5.51. The Morgan fingerprint density at radius 2 is 2.20 bits per heavy atom. The van der Waals surface area contributed by atoms with Crippen LogP contribution in [0.1, 0.15) is 39.0 Å². The van der Waals surface area contributed by atoms with E-state index >= 15 is 0 Å². The van der Waals surface area contributed by atoms with Crippen LogP contribution in [-0.2, 0) is 14.3 Å². The number of esters is 1. The number of hydrogen-bond donors (Lipinski definition) is 0. The Balaban J connectivity index is 2.12. The molecular formula is C12H18O3. The van der Waals surface area contributed by atoms with Gasteiger partial charge in [-0.3, -0.25) is 4.79 Å². The van der Waals surface area contributed by atoms with Crippen LogP contribution in [-0.4, -0.2) is 18.4 Å². The van der Waals surface area contributed by atoms with E-state index in [1.54, 1.807) is 6.92 Å². The molecule has 0 amide bonds. The second kappa shape index (κ2) is 6.38. The highest BCUT2D eigenvalue weighted by atomic mass is 16.5. The molecule has 0 spiro atoms. The first-order chi connectivity index (χ1) is 7.20. The largest absolute Gasteiger partial charge is 0.465 e. The molecule has 1 aliphatic rings. The van der Waals surface area contributed by atoms with Gasteiger partial charge in [0.1, 0.15) is 5.78 Å². The van der Waals surface area contributed by atoms with Gasteiger partial charge in [-0.1, -0.05) is 12.2 Å². The molecule has 0 aromatic carbocycles. The summed E-state index contributed by atoms with van der Waals surface area (Å²) in [5.74, 6) is 0.0712. The van der Waals surface area contributed by atoms with Crippen LogP contribution in [0, 0.1) is 5.92 Å². The van der Waals surface area contributed by atoms with Crippen molar-refractivity contribution in [3.05, 3.63) is 12.2 Å². The summed E-state index contributed by atoms with van der Waals surface area (Å²) in [5, 5.41) is 0. The minimum absolute atomic E-state index is 0.0346. The maximum absolute atomic E-state index is 11.5. The zero-order chi connectivity index (χ0) is 11.1. The fourth-order valence-corrected chi connectivity index (χ4v) is 1.62. The fraction of sp³-hybridized carbons (Fsp3) is 0.667. The number of ketones is 1. The van der Waals surface area contributed by atoms with Crippen molar-refractivity contribution in [2.45, 2.75) is 39.0 Å². The molecule has 0 aromatic rings. The summed E-state index contributed by atoms with van der Waals surface area (Å²) in [6.07, 6.45) is 7.92. The van der Waals surface area contributed by atoms with Crippen molar-refractivity contribution in [1.29, 1.82) is 0 Å². The SMILES string of the molecule is CC(=O)CCCOC(=O)C1CC=CCC1. The van der Waals surface area contributed by atoms with Crippen molar-refractivity contribution >= 4 is 11.8 Å². The normalized spacial score (nSPS) is 19.9. The molecule has 15 heavy (non-hydrogen) atoms. The molecular weight excluding hydrogens is 192 g/mol. The molecule has 0 aromatic heterocycles. The van der Waals surface area contributed by atoms with E-state index in [2.05, 4.69) is 6.08 Å². The lowest BCUT2D eigenvalue weighted by Crippen LogP contribution is -2.19. The Labute approximate surface area is 90.5 Å². The summed E-state index contributed by atoms with van der Waals surface area (Å²) in [6.45, 7) is 1.92. The first-order valence-corrected chi connectivity index (χ1v) is 5.51. The van der Waals surface area contributed by atoms with E-state index < -0.39 is 0 Å². The predicted octanol–water partition coefficient (Wildman–Crippen LogP) is 2.26. The van der Waals surface area contributed by atoms with Crippen LogP contribution in [0.5, 0.6) is 0 Å². The van der Waals surface area contributed by atoms with Gasteiger partial charge in [0.25, 0.3) is 0 Å². The second-order valence-electron chi connectivity index (χ2n) is 3.95. The minimum Gasteiger partial charge on any atom is -0.465 e. The molecule has 0 saturated carbocycles. The lowest BCUT2D eigenvalue weighted by atomic mass is 9.95. The van der Waals surface area contributed by atoms with Crippen molar-refractivity contribution in [2.24, 2.45) is 5.92 Å².